The van der Waals surface area contributed by atoms with Crippen LogP contribution in [0.4, 0.5) is 0 Å². The number of rotatable bonds is 4. The van der Waals surface area contributed by atoms with E-state index in [0.29, 0.717) is 26.0 Å². The van der Waals surface area contributed by atoms with Gasteiger partial charge in [-0.25, -0.2) is 0 Å². The van der Waals surface area contributed by atoms with Gasteiger partial charge in [-0.3, -0.25) is 9.59 Å². The molecule has 0 unspecified atom stereocenters. The molecule has 16 heavy (non-hydrogen) atoms. The Balaban J connectivity index is 1.90. The van der Waals surface area contributed by atoms with E-state index >= 15 is 0 Å². The van der Waals surface area contributed by atoms with Crippen molar-refractivity contribution < 1.29 is 19.4 Å². The number of carbonyl (C=O) groups is 2. The van der Waals surface area contributed by atoms with Crippen molar-refractivity contribution >= 4 is 11.9 Å². The number of ether oxygens (including phenoxy) is 1. The highest BCUT2D eigenvalue weighted by Gasteiger charge is 2.34. The van der Waals surface area contributed by atoms with Crippen molar-refractivity contribution in [3.8, 4) is 0 Å². The van der Waals surface area contributed by atoms with Crippen molar-refractivity contribution in [2.24, 2.45) is 11.8 Å². The van der Waals surface area contributed by atoms with Crippen LogP contribution in [0.25, 0.3) is 0 Å². The normalized spacial score (nSPS) is 32.1. The average molecular weight is 225 g/mol. The monoisotopic (exact) mass is 225 g/mol. The minimum atomic E-state index is -0.896. The summed E-state index contributed by atoms with van der Waals surface area (Å²) in [6.45, 7) is 1.18. The van der Waals surface area contributed by atoms with Crippen LogP contribution in [0.5, 0.6) is 0 Å². The Bertz CT molecular complexity index is 322. The molecule has 1 fully saturated rings. The fourth-order valence-corrected chi connectivity index (χ4v) is 1.91. The number of aliphatic carboxylic acids is 1. The summed E-state index contributed by atoms with van der Waals surface area (Å²) in [7, 11) is 0. The third-order valence-electron chi connectivity index (χ3n) is 2.99. The molecular weight excluding hydrogens is 210 g/mol. The first-order chi connectivity index (χ1) is 7.68. The fourth-order valence-electron chi connectivity index (χ4n) is 1.91. The molecule has 0 aromatic heterocycles. The third kappa shape index (κ3) is 2.61. The summed E-state index contributed by atoms with van der Waals surface area (Å²) in [5.41, 5.74) is 0. The van der Waals surface area contributed by atoms with E-state index in [4.69, 9.17) is 9.84 Å². The molecule has 0 radical (unpaired) electrons. The van der Waals surface area contributed by atoms with Crippen molar-refractivity contribution in [2.45, 2.75) is 18.9 Å². The zero-order valence-electron chi connectivity index (χ0n) is 8.89. The molecule has 1 aliphatic heterocycles. The second kappa shape index (κ2) is 4.65. The largest absolute Gasteiger partial charge is 0.481 e. The van der Waals surface area contributed by atoms with Gasteiger partial charge in [0.15, 0.2) is 0 Å². The van der Waals surface area contributed by atoms with Gasteiger partial charge in [0.2, 0.25) is 5.91 Å². The first-order valence-corrected chi connectivity index (χ1v) is 5.45. The van der Waals surface area contributed by atoms with Crippen LogP contribution in [-0.4, -0.2) is 36.2 Å². The van der Waals surface area contributed by atoms with E-state index < -0.39 is 17.8 Å². The zero-order chi connectivity index (χ0) is 11.5. The van der Waals surface area contributed by atoms with Crippen LogP contribution >= 0.6 is 0 Å². The molecule has 0 saturated carbocycles. The Labute approximate surface area is 93.5 Å². The van der Waals surface area contributed by atoms with Crippen LogP contribution in [-0.2, 0) is 14.3 Å². The summed E-state index contributed by atoms with van der Waals surface area (Å²) < 4.78 is 4.98. The van der Waals surface area contributed by atoms with Gasteiger partial charge >= 0.3 is 5.97 Å². The average Bonchev–Trinajstić information content (AvgIpc) is 3.09. The molecule has 3 atom stereocenters. The lowest BCUT2D eigenvalue weighted by molar-refractivity contribution is -0.147. The van der Waals surface area contributed by atoms with E-state index in [0.717, 1.165) is 0 Å². The SMILES string of the molecule is O=C(NC[C@H]1CO1)[C@H]1CC=CC[C@H]1C(=O)O. The number of allylic oxidation sites excluding steroid dienone is 2. The van der Waals surface area contributed by atoms with Crippen molar-refractivity contribution in [1.29, 1.82) is 0 Å². The van der Waals surface area contributed by atoms with E-state index in [-0.39, 0.29) is 12.0 Å². The summed E-state index contributed by atoms with van der Waals surface area (Å²) in [5.74, 6) is -2.11. The summed E-state index contributed by atoms with van der Waals surface area (Å²) >= 11 is 0. The van der Waals surface area contributed by atoms with Gasteiger partial charge in [0.25, 0.3) is 0 Å². The Kier molecular flexibility index (Phi) is 3.24. The van der Waals surface area contributed by atoms with E-state index in [1.807, 2.05) is 12.2 Å². The molecule has 1 heterocycles. The molecule has 0 bridgehead atoms. The van der Waals surface area contributed by atoms with Crippen LogP contribution in [0, 0.1) is 11.8 Å². The number of epoxide rings is 1. The molecule has 0 aromatic carbocycles. The lowest BCUT2D eigenvalue weighted by atomic mass is 9.82. The van der Waals surface area contributed by atoms with E-state index in [1.54, 1.807) is 0 Å². The second-order valence-electron chi connectivity index (χ2n) is 4.19. The molecule has 1 aliphatic carbocycles. The minimum absolute atomic E-state index is 0.131. The van der Waals surface area contributed by atoms with Gasteiger partial charge in [-0.2, -0.15) is 0 Å². The topological polar surface area (TPSA) is 78.9 Å². The van der Waals surface area contributed by atoms with Gasteiger partial charge in [-0.1, -0.05) is 12.2 Å². The predicted octanol–water partition coefficient (Wildman–Crippen LogP) is 0.168. The quantitative estimate of drug-likeness (QED) is 0.528. The maximum atomic E-state index is 11.8. The number of carbonyl (C=O) groups excluding carboxylic acids is 1. The van der Waals surface area contributed by atoms with Crippen LogP contribution in [0.2, 0.25) is 0 Å². The smallest absolute Gasteiger partial charge is 0.307 e. The summed E-state index contributed by atoms with van der Waals surface area (Å²) in [4.78, 5) is 22.8. The molecule has 5 heteroatoms. The van der Waals surface area contributed by atoms with Crippen molar-refractivity contribution in [2.75, 3.05) is 13.2 Å². The lowest BCUT2D eigenvalue weighted by Crippen LogP contribution is -2.40. The number of amides is 1. The Morgan fingerprint density at radius 2 is 1.94 bits per heavy atom. The van der Waals surface area contributed by atoms with Gasteiger partial charge in [0.1, 0.15) is 0 Å². The van der Waals surface area contributed by atoms with Crippen molar-refractivity contribution in [3.05, 3.63) is 12.2 Å². The number of carboxylic acid groups (broad SMARTS) is 1. The van der Waals surface area contributed by atoms with Gasteiger partial charge in [-0.15, -0.1) is 0 Å². The van der Waals surface area contributed by atoms with Gasteiger partial charge in [-0.05, 0) is 12.8 Å². The molecular formula is C11H15NO4. The highest BCUT2D eigenvalue weighted by molar-refractivity contribution is 5.85. The molecule has 2 N–H and O–H groups in total. The molecule has 5 nitrogen and oxygen atoms in total. The molecule has 1 amide bonds. The highest BCUT2D eigenvalue weighted by atomic mass is 16.6. The first kappa shape index (κ1) is 11.1. The lowest BCUT2D eigenvalue weighted by Gasteiger charge is -2.23. The van der Waals surface area contributed by atoms with E-state index in [9.17, 15) is 9.59 Å². The molecule has 2 aliphatic rings. The maximum absolute atomic E-state index is 11.8. The molecule has 1 saturated heterocycles. The van der Waals surface area contributed by atoms with Gasteiger partial charge < -0.3 is 15.2 Å². The Morgan fingerprint density at radius 1 is 1.31 bits per heavy atom. The minimum Gasteiger partial charge on any atom is -0.481 e. The Hall–Kier alpha value is -1.36. The van der Waals surface area contributed by atoms with Crippen LogP contribution in [0.3, 0.4) is 0 Å². The first-order valence-electron chi connectivity index (χ1n) is 5.45. The molecule has 88 valence electrons. The summed E-state index contributed by atoms with van der Waals surface area (Å²) in [6.07, 6.45) is 4.78. The van der Waals surface area contributed by atoms with E-state index in [1.165, 1.54) is 0 Å². The number of nitrogens with one attached hydrogen (secondary N) is 1. The van der Waals surface area contributed by atoms with E-state index in [2.05, 4.69) is 5.32 Å². The fraction of sp³-hybridized carbons (Fsp3) is 0.636. The zero-order valence-corrected chi connectivity index (χ0v) is 8.89. The van der Waals surface area contributed by atoms with Crippen molar-refractivity contribution in [3.63, 3.8) is 0 Å². The standard InChI is InChI=1S/C11H15NO4/c13-10(12-5-7-6-16-7)8-3-1-2-4-9(8)11(14)15/h1-2,7-9H,3-6H2,(H,12,13)(H,14,15)/t7-,8-,9+/m0/s1. The Morgan fingerprint density at radius 3 is 2.50 bits per heavy atom. The van der Waals surface area contributed by atoms with Gasteiger partial charge in [0, 0.05) is 6.54 Å². The molecule has 0 aromatic rings. The van der Waals surface area contributed by atoms with Gasteiger partial charge in [0.05, 0.1) is 24.5 Å². The second-order valence-corrected chi connectivity index (χ2v) is 4.19. The third-order valence-corrected chi connectivity index (χ3v) is 2.99. The molecule has 2 rings (SSSR count). The van der Waals surface area contributed by atoms with Crippen LogP contribution < -0.4 is 5.32 Å². The number of hydrogen-bond acceptors (Lipinski definition) is 3. The predicted molar refractivity (Wildman–Crippen MR) is 55.7 cm³/mol. The number of carboxylic acids is 1. The molecule has 0 spiro atoms. The van der Waals surface area contributed by atoms with Crippen LogP contribution in [0.1, 0.15) is 12.8 Å². The summed E-state index contributed by atoms with van der Waals surface area (Å²) in [6, 6.07) is 0. The van der Waals surface area contributed by atoms with Crippen molar-refractivity contribution in [1.82, 2.24) is 5.32 Å². The maximum Gasteiger partial charge on any atom is 0.307 e. The number of hydrogen-bond donors (Lipinski definition) is 2. The van der Waals surface area contributed by atoms with Crippen LogP contribution in [0.15, 0.2) is 12.2 Å². The summed E-state index contributed by atoms with van der Waals surface area (Å²) in [5, 5.41) is 11.7. The highest BCUT2D eigenvalue weighted by Crippen LogP contribution is 2.26.